The molecule has 1 aromatic heterocycles. The molecule has 21 heavy (non-hydrogen) atoms. The van der Waals surface area contributed by atoms with Gasteiger partial charge in [-0.15, -0.1) is 11.3 Å². The fourth-order valence-corrected chi connectivity index (χ4v) is 4.07. The van der Waals surface area contributed by atoms with Crippen LogP contribution in [0, 0.1) is 0 Å². The third-order valence-corrected chi connectivity index (χ3v) is 5.29. The first kappa shape index (κ1) is 14.7. The highest BCUT2D eigenvalue weighted by Crippen LogP contribution is 2.34. The molecule has 0 radical (unpaired) electrons. The van der Waals surface area contributed by atoms with Gasteiger partial charge in [-0.2, -0.15) is 0 Å². The molecule has 1 aliphatic heterocycles. The molecule has 2 aromatic rings. The average molecular weight is 301 g/mol. The van der Waals surface area contributed by atoms with Crippen molar-refractivity contribution in [2.45, 2.75) is 31.8 Å². The summed E-state index contributed by atoms with van der Waals surface area (Å²) in [6.45, 7) is 6.49. The molecule has 0 atom stereocenters. The van der Waals surface area contributed by atoms with Crippen LogP contribution in [-0.2, 0) is 12.1 Å². The van der Waals surface area contributed by atoms with E-state index >= 15 is 0 Å². The van der Waals surface area contributed by atoms with Gasteiger partial charge in [0.25, 0.3) is 0 Å². The van der Waals surface area contributed by atoms with Gasteiger partial charge in [0.05, 0.1) is 5.54 Å². The van der Waals surface area contributed by atoms with Gasteiger partial charge in [0.1, 0.15) is 5.01 Å². The van der Waals surface area contributed by atoms with Crippen LogP contribution < -0.4 is 5.32 Å². The van der Waals surface area contributed by atoms with Crippen molar-refractivity contribution in [1.29, 1.82) is 0 Å². The summed E-state index contributed by atoms with van der Waals surface area (Å²) in [6, 6.07) is 10.8. The summed E-state index contributed by atoms with van der Waals surface area (Å²) in [5, 5.41) is 7.05. The van der Waals surface area contributed by atoms with Crippen LogP contribution in [0.2, 0.25) is 0 Å². The molecule has 0 aliphatic carbocycles. The van der Waals surface area contributed by atoms with E-state index in [4.69, 9.17) is 0 Å². The topological polar surface area (TPSA) is 28.2 Å². The van der Waals surface area contributed by atoms with Gasteiger partial charge in [-0.25, -0.2) is 4.98 Å². The van der Waals surface area contributed by atoms with Crippen LogP contribution >= 0.6 is 11.3 Å². The zero-order chi connectivity index (χ0) is 14.5. The van der Waals surface area contributed by atoms with E-state index in [9.17, 15) is 0 Å². The third-order valence-electron chi connectivity index (χ3n) is 4.32. The van der Waals surface area contributed by atoms with Gasteiger partial charge < -0.3 is 5.32 Å². The number of hydrogen-bond acceptors (Lipinski definition) is 4. The smallest absolute Gasteiger partial charge is 0.113 e. The molecule has 0 unspecified atom stereocenters. The monoisotopic (exact) mass is 301 g/mol. The summed E-state index contributed by atoms with van der Waals surface area (Å²) in [4.78, 5) is 7.13. The number of thiazole rings is 1. The Bertz CT molecular complexity index is 530. The van der Waals surface area contributed by atoms with E-state index in [-0.39, 0.29) is 5.54 Å². The molecule has 1 saturated heterocycles. The predicted molar refractivity (Wildman–Crippen MR) is 88.4 cm³/mol. The Labute approximate surface area is 131 Å². The second-order valence-corrected chi connectivity index (χ2v) is 6.61. The van der Waals surface area contributed by atoms with Crippen LogP contribution in [-0.4, -0.2) is 29.5 Å². The fourth-order valence-electron chi connectivity index (χ4n) is 3.20. The first-order valence-electron chi connectivity index (χ1n) is 7.74. The number of likely N-dealkylation sites (tertiary alicyclic amines) is 1. The minimum atomic E-state index is 0.0934. The van der Waals surface area contributed by atoms with Gasteiger partial charge in [-0.05, 0) is 24.9 Å². The van der Waals surface area contributed by atoms with Gasteiger partial charge in [-0.1, -0.05) is 37.3 Å². The first-order chi connectivity index (χ1) is 10.3. The lowest BCUT2D eigenvalue weighted by Crippen LogP contribution is -2.50. The van der Waals surface area contributed by atoms with Crippen LogP contribution in [0.3, 0.4) is 0 Å². The van der Waals surface area contributed by atoms with Crippen molar-refractivity contribution in [3.05, 3.63) is 52.5 Å². The SMILES string of the molecule is CCNC1(c2nccs2)CCN(Cc2ccccc2)CC1. The van der Waals surface area contributed by atoms with E-state index in [0.29, 0.717) is 0 Å². The van der Waals surface area contributed by atoms with Crippen molar-refractivity contribution in [3.8, 4) is 0 Å². The van der Waals surface area contributed by atoms with E-state index in [0.717, 1.165) is 39.0 Å². The van der Waals surface area contributed by atoms with E-state index in [2.05, 4.69) is 57.8 Å². The van der Waals surface area contributed by atoms with E-state index in [1.807, 2.05) is 6.20 Å². The quantitative estimate of drug-likeness (QED) is 0.919. The fraction of sp³-hybridized carbons (Fsp3) is 0.471. The van der Waals surface area contributed by atoms with Gasteiger partial charge in [0.2, 0.25) is 0 Å². The van der Waals surface area contributed by atoms with Crippen molar-refractivity contribution < 1.29 is 0 Å². The zero-order valence-corrected chi connectivity index (χ0v) is 13.4. The van der Waals surface area contributed by atoms with E-state index in [1.165, 1.54) is 10.6 Å². The van der Waals surface area contributed by atoms with Crippen LogP contribution in [0.15, 0.2) is 41.9 Å². The Balaban J connectivity index is 1.65. The summed E-state index contributed by atoms with van der Waals surface area (Å²) >= 11 is 1.78. The molecule has 1 fully saturated rings. The Hall–Kier alpha value is -1.23. The zero-order valence-electron chi connectivity index (χ0n) is 12.6. The normalized spacial score (nSPS) is 18.7. The number of nitrogens with one attached hydrogen (secondary N) is 1. The Morgan fingerprint density at radius 1 is 1.24 bits per heavy atom. The second kappa shape index (κ2) is 6.69. The van der Waals surface area contributed by atoms with Crippen LogP contribution in [0.25, 0.3) is 0 Å². The standard InChI is InChI=1S/C17H23N3S/c1-2-19-17(16-18-10-13-21-16)8-11-20(12-9-17)14-15-6-4-3-5-7-15/h3-7,10,13,19H,2,8-9,11-12,14H2,1H3. The molecule has 1 aliphatic rings. The number of benzene rings is 1. The molecule has 112 valence electrons. The highest BCUT2D eigenvalue weighted by atomic mass is 32.1. The molecule has 0 amide bonds. The van der Waals surface area contributed by atoms with Crippen molar-refractivity contribution in [1.82, 2.24) is 15.2 Å². The summed E-state index contributed by atoms with van der Waals surface area (Å²) in [6.07, 6.45) is 4.21. The van der Waals surface area contributed by atoms with Crippen molar-refractivity contribution in [3.63, 3.8) is 0 Å². The van der Waals surface area contributed by atoms with Gasteiger partial charge in [0, 0.05) is 31.2 Å². The van der Waals surface area contributed by atoms with Crippen molar-refractivity contribution >= 4 is 11.3 Å². The molecule has 3 nitrogen and oxygen atoms in total. The molecule has 1 N–H and O–H groups in total. The van der Waals surface area contributed by atoms with Crippen LogP contribution in [0.5, 0.6) is 0 Å². The molecular weight excluding hydrogens is 278 g/mol. The van der Waals surface area contributed by atoms with Gasteiger partial charge in [0.15, 0.2) is 0 Å². The maximum Gasteiger partial charge on any atom is 0.113 e. The van der Waals surface area contributed by atoms with Crippen molar-refractivity contribution in [2.24, 2.45) is 0 Å². The van der Waals surface area contributed by atoms with Crippen LogP contribution in [0.4, 0.5) is 0 Å². The average Bonchev–Trinajstić information content (AvgIpc) is 3.06. The molecular formula is C17H23N3S. The van der Waals surface area contributed by atoms with Crippen molar-refractivity contribution in [2.75, 3.05) is 19.6 Å². The number of hydrogen-bond donors (Lipinski definition) is 1. The number of nitrogens with zero attached hydrogens (tertiary/aromatic N) is 2. The second-order valence-electron chi connectivity index (χ2n) is 5.71. The maximum atomic E-state index is 4.58. The first-order valence-corrected chi connectivity index (χ1v) is 8.62. The minimum absolute atomic E-state index is 0.0934. The lowest BCUT2D eigenvalue weighted by molar-refractivity contribution is 0.129. The molecule has 0 bridgehead atoms. The number of piperidine rings is 1. The highest BCUT2D eigenvalue weighted by Gasteiger charge is 2.37. The van der Waals surface area contributed by atoms with Gasteiger partial charge >= 0.3 is 0 Å². The number of rotatable bonds is 5. The highest BCUT2D eigenvalue weighted by molar-refractivity contribution is 7.09. The summed E-state index contributed by atoms with van der Waals surface area (Å²) in [5.74, 6) is 0. The molecule has 3 rings (SSSR count). The molecule has 4 heteroatoms. The Kier molecular flexibility index (Phi) is 4.68. The van der Waals surface area contributed by atoms with E-state index < -0.39 is 0 Å². The Morgan fingerprint density at radius 3 is 2.62 bits per heavy atom. The Morgan fingerprint density at radius 2 is 2.00 bits per heavy atom. The minimum Gasteiger partial charge on any atom is -0.306 e. The lowest BCUT2D eigenvalue weighted by Gasteiger charge is -2.41. The predicted octanol–water partition coefficient (Wildman–Crippen LogP) is 3.24. The van der Waals surface area contributed by atoms with E-state index in [1.54, 1.807) is 11.3 Å². The molecule has 1 aromatic carbocycles. The van der Waals surface area contributed by atoms with Crippen LogP contribution in [0.1, 0.15) is 30.3 Å². The molecule has 0 spiro atoms. The summed E-state index contributed by atoms with van der Waals surface area (Å²) in [5.41, 5.74) is 1.50. The summed E-state index contributed by atoms with van der Waals surface area (Å²) < 4.78 is 0. The largest absolute Gasteiger partial charge is 0.306 e. The maximum absolute atomic E-state index is 4.58. The third kappa shape index (κ3) is 3.34. The molecule has 0 saturated carbocycles. The lowest BCUT2D eigenvalue weighted by atomic mass is 9.87. The summed E-state index contributed by atoms with van der Waals surface area (Å²) in [7, 11) is 0. The van der Waals surface area contributed by atoms with Gasteiger partial charge in [-0.3, -0.25) is 4.90 Å². The molecule has 2 heterocycles. The number of aromatic nitrogens is 1.